The molecule has 0 saturated heterocycles. The Bertz CT molecular complexity index is 3460. The average molecular weight is 804 g/mol. The van der Waals surface area contributed by atoms with Gasteiger partial charge in [-0.3, -0.25) is 0 Å². The molecule has 298 valence electrons. The third-order valence-corrected chi connectivity index (χ3v) is 15.9. The Morgan fingerprint density at radius 2 is 0.889 bits per heavy atom. The van der Waals surface area contributed by atoms with Crippen LogP contribution in [0.4, 0.5) is 17.1 Å². The van der Waals surface area contributed by atoms with Gasteiger partial charge in [0.1, 0.15) is 0 Å². The first-order chi connectivity index (χ1) is 30.8. The zero-order valence-corrected chi connectivity index (χ0v) is 36.0. The first-order valence-electron chi connectivity index (χ1n) is 22.6. The van der Waals surface area contributed by atoms with E-state index in [1.54, 1.807) is 0 Å². The number of hydrogen-bond acceptors (Lipinski definition) is 1. The number of benzene rings is 9. The first kappa shape index (κ1) is 35.4. The molecule has 2 bridgehead atoms. The van der Waals surface area contributed by atoms with E-state index in [0.29, 0.717) is 0 Å². The van der Waals surface area contributed by atoms with Gasteiger partial charge in [0, 0.05) is 33.8 Å². The van der Waals surface area contributed by atoms with Crippen LogP contribution >= 0.6 is 0 Å². The van der Waals surface area contributed by atoms with E-state index in [0.717, 1.165) is 11.4 Å². The van der Waals surface area contributed by atoms with Gasteiger partial charge in [0.15, 0.2) is 0 Å². The molecule has 0 aromatic heterocycles. The summed E-state index contributed by atoms with van der Waals surface area (Å²) in [6.07, 6.45) is 0. The molecule has 63 heavy (non-hydrogen) atoms. The maximum atomic E-state index is 2.47. The lowest BCUT2D eigenvalue weighted by Gasteiger charge is -2.42. The molecule has 0 N–H and O–H groups in total. The summed E-state index contributed by atoms with van der Waals surface area (Å²) in [7, 11) is 0. The van der Waals surface area contributed by atoms with Gasteiger partial charge < -0.3 is 4.90 Å². The van der Waals surface area contributed by atoms with E-state index in [1.165, 1.54) is 111 Å². The molecule has 0 radical (unpaired) electrons. The van der Waals surface area contributed by atoms with Crippen molar-refractivity contribution in [2.24, 2.45) is 0 Å². The fourth-order valence-corrected chi connectivity index (χ4v) is 13.1. The minimum absolute atomic E-state index is 0.0705. The van der Waals surface area contributed by atoms with E-state index in [1.807, 2.05) is 0 Å². The van der Waals surface area contributed by atoms with Gasteiger partial charge in [-0.05, 0) is 142 Å². The van der Waals surface area contributed by atoms with Crippen molar-refractivity contribution in [2.75, 3.05) is 4.90 Å². The largest absolute Gasteiger partial charge is 0.310 e. The third-order valence-electron chi connectivity index (χ3n) is 15.9. The Balaban J connectivity index is 0.965. The number of hydrogen-bond donors (Lipinski definition) is 0. The quantitative estimate of drug-likeness (QED) is 0.168. The highest BCUT2D eigenvalue weighted by Gasteiger charge is 2.65. The molecule has 0 heterocycles. The minimum atomic E-state index is -0.247. The number of para-hydroxylation sites is 1. The van der Waals surface area contributed by atoms with Crippen molar-refractivity contribution in [3.63, 3.8) is 0 Å². The predicted octanol–water partition coefficient (Wildman–Crippen LogP) is 15.6. The first-order valence-corrected chi connectivity index (χ1v) is 22.6. The monoisotopic (exact) mass is 803 g/mol. The molecule has 2 unspecified atom stereocenters. The second-order valence-electron chi connectivity index (χ2n) is 19.5. The summed E-state index contributed by atoms with van der Waals surface area (Å²) in [4.78, 5) is 2.43. The summed E-state index contributed by atoms with van der Waals surface area (Å²) >= 11 is 0. The van der Waals surface area contributed by atoms with Crippen LogP contribution in [0.25, 0.3) is 44.5 Å². The molecule has 6 aliphatic rings. The van der Waals surface area contributed by atoms with Crippen LogP contribution in [-0.2, 0) is 16.2 Å². The van der Waals surface area contributed by atoms with Crippen LogP contribution in [0.1, 0.15) is 94.8 Å². The topological polar surface area (TPSA) is 3.24 Å². The standard InChI is InChI=1S/C62H45N/c1-60(2)50-24-12-9-19-46(50)55-44(21-14-26-52(55)60)45-35-34-41(59-57(45)56-47-20-10-13-25-51(47)62(59)53-27-15-22-48(56)58(53)62)37-28-30-39(31-29-37)63(38-16-6-5-7-17-38)40-32-33-43-42-18-8-11-23-49(42)61(3,4)54(43)36-40/h5-36,56H,1-4H3. The Morgan fingerprint density at radius 3 is 1.70 bits per heavy atom. The lowest BCUT2D eigenvalue weighted by Crippen LogP contribution is -2.32. The fourth-order valence-electron chi connectivity index (χ4n) is 13.1. The molecule has 0 fully saturated rings. The second kappa shape index (κ2) is 12.0. The van der Waals surface area contributed by atoms with Gasteiger partial charge in [0.25, 0.3) is 0 Å². The zero-order valence-electron chi connectivity index (χ0n) is 36.0. The van der Waals surface area contributed by atoms with Gasteiger partial charge in [-0.25, -0.2) is 0 Å². The SMILES string of the molecule is CC1(C)c2ccccc2-c2ccc(N(c3ccccc3)c3ccc(-c4ccc(-c5cccc6c5-c5ccccc5C6(C)C)c5c4C46c7ccccc7C5c5cccc4c56)cc3)cc21. The Morgan fingerprint density at radius 1 is 0.349 bits per heavy atom. The molecule has 1 heteroatoms. The van der Waals surface area contributed by atoms with Gasteiger partial charge >= 0.3 is 0 Å². The van der Waals surface area contributed by atoms with E-state index in [4.69, 9.17) is 0 Å². The van der Waals surface area contributed by atoms with E-state index in [9.17, 15) is 0 Å². The molecule has 0 aliphatic heterocycles. The van der Waals surface area contributed by atoms with Crippen LogP contribution in [0, 0.1) is 0 Å². The molecule has 1 nitrogen and oxygen atoms in total. The normalized spacial score (nSPS) is 18.6. The molecule has 0 amide bonds. The average Bonchev–Trinajstić information content (AvgIpc) is 3.87. The van der Waals surface area contributed by atoms with Crippen LogP contribution in [0.3, 0.4) is 0 Å². The van der Waals surface area contributed by atoms with Crippen LogP contribution in [-0.4, -0.2) is 0 Å². The number of nitrogens with zero attached hydrogens (tertiary/aromatic N) is 1. The van der Waals surface area contributed by atoms with Crippen LogP contribution in [0.2, 0.25) is 0 Å². The molecule has 6 aliphatic carbocycles. The van der Waals surface area contributed by atoms with E-state index in [-0.39, 0.29) is 22.2 Å². The van der Waals surface area contributed by atoms with Crippen LogP contribution < -0.4 is 4.90 Å². The van der Waals surface area contributed by atoms with Crippen molar-refractivity contribution in [1.29, 1.82) is 0 Å². The second-order valence-corrected chi connectivity index (χ2v) is 19.5. The highest BCUT2D eigenvalue weighted by molar-refractivity contribution is 6.00. The summed E-state index contributed by atoms with van der Waals surface area (Å²) in [5.74, 6) is 0.161. The predicted molar refractivity (Wildman–Crippen MR) is 260 cm³/mol. The van der Waals surface area contributed by atoms with E-state index >= 15 is 0 Å². The van der Waals surface area contributed by atoms with Crippen molar-refractivity contribution in [3.8, 4) is 44.5 Å². The van der Waals surface area contributed by atoms with Crippen molar-refractivity contribution in [1.82, 2.24) is 0 Å². The molecular formula is C62H45N. The third kappa shape index (κ3) is 4.33. The summed E-state index contributed by atoms with van der Waals surface area (Å²) in [6, 6.07) is 73.8. The van der Waals surface area contributed by atoms with Gasteiger partial charge in [0.05, 0.1) is 5.41 Å². The summed E-state index contributed by atoms with van der Waals surface area (Å²) < 4.78 is 0. The Hall–Kier alpha value is -7.22. The molecule has 2 atom stereocenters. The molecule has 0 saturated carbocycles. The smallest absolute Gasteiger partial charge is 0.0723 e. The highest BCUT2D eigenvalue weighted by Crippen LogP contribution is 2.74. The fraction of sp³-hybridized carbons (Fsp3) is 0.129. The van der Waals surface area contributed by atoms with Gasteiger partial charge in [-0.15, -0.1) is 0 Å². The maximum Gasteiger partial charge on any atom is 0.0723 e. The van der Waals surface area contributed by atoms with Crippen LogP contribution in [0.5, 0.6) is 0 Å². The highest BCUT2D eigenvalue weighted by atomic mass is 15.1. The van der Waals surface area contributed by atoms with Crippen molar-refractivity contribution in [2.45, 2.75) is 49.9 Å². The number of fused-ring (bicyclic) bond motifs is 6. The van der Waals surface area contributed by atoms with Crippen molar-refractivity contribution in [3.05, 3.63) is 255 Å². The molecule has 1 spiro atoms. The minimum Gasteiger partial charge on any atom is -0.310 e. The zero-order chi connectivity index (χ0) is 42.0. The van der Waals surface area contributed by atoms with Crippen molar-refractivity contribution >= 4 is 17.1 Å². The van der Waals surface area contributed by atoms with E-state index < -0.39 is 0 Å². The van der Waals surface area contributed by atoms with Gasteiger partial charge in [-0.2, -0.15) is 0 Å². The van der Waals surface area contributed by atoms with Gasteiger partial charge in [0.2, 0.25) is 0 Å². The molecule has 9 aromatic rings. The Labute approximate surface area is 370 Å². The van der Waals surface area contributed by atoms with Crippen LogP contribution in [0.15, 0.2) is 194 Å². The summed E-state index contributed by atoms with van der Waals surface area (Å²) in [5, 5.41) is 0. The number of anilines is 3. The summed E-state index contributed by atoms with van der Waals surface area (Å²) in [6.45, 7) is 9.52. The lowest BCUT2D eigenvalue weighted by molar-refractivity contribution is 0.660. The number of rotatable bonds is 5. The van der Waals surface area contributed by atoms with Crippen molar-refractivity contribution < 1.29 is 0 Å². The molecule has 15 rings (SSSR count). The lowest BCUT2D eigenvalue weighted by atomic mass is 9.59. The van der Waals surface area contributed by atoms with E-state index in [2.05, 4.69) is 227 Å². The molecular weight excluding hydrogens is 759 g/mol. The maximum absolute atomic E-state index is 2.47. The Kier molecular flexibility index (Phi) is 6.75. The summed E-state index contributed by atoms with van der Waals surface area (Å²) in [5.41, 5.74) is 29.8. The molecule has 9 aromatic carbocycles. The van der Waals surface area contributed by atoms with Gasteiger partial charge in [-0.1, -0.05) is 185 Å².